The molecule has 4 nitrogen and oxygen atoms in total. The van der Waals surface area contributed by atoms with E-state index in [1.165, 1.54) is 0 Å². The number of aliphatic hydroxyl groups is 1. The molecule has 0 aliphatic carbocycles. The Morgan fingerprint density at radius 1 is 1.47 bits per heavy atom. The molecular formula is C11H18N2O2. The summed E-state index contributed by atoms with van der Waals surface area (Å²) in [5.74, 6) is 0.612. The third kappa shape index (κ3) is 4.76. The topological polar surface area (TPSA) is 54.4 Å². The third-order valence-electron chi connectivity index (χ3n) is 1.89. The molecule has 15 heavy (non-hydrogen) atoms. The average Bonchev–Trinajstić information content (AvgIpc) is 2.17. The highest BCUT2D eigenvalue weighted by atomic mass is 16.5. The first-order valence-electron chi connectivity index (χ1n) is 4.93. The molecule has 1 aromatic rings. The maximum atomic E-state index is 9.48. The largest absolute Gasteiger partial charge is 0.481 e. The van der Waals surface area contributed by atoms with Crippen LogP contribution in [0.15, 0.2) is 18.3 Å². The van der Waals surface area contributed by atoms with Gasteiger partial charge in [-0.05, 0) is 19.4 Å². The van der Waals surface area contributed by atoms with Crippen molar-refractivity contribution in [3.63, 3.8) is 0 Å². The highest BCUT2D eigenvalue weighted by molar-refractivity contribution is 5.17. The van der Waals surface area contributed by atoms with Crippen LogP contribution >= 0.6 is 0 Å². The van der Waals surface area contributed by atoms with Crippen LogP contribution < -0.4 is 10.1 Å². The molecule has 0 fully saturated rings. The molecule has 1 rings (SSSR count). The van der Waals surface area contributed by atoms with Gasteiger partial charge in [0.2, 0.25) is 5.88 Å². The Kier molecular flexibility index (Phi) is 4.05. The summed E-state index contributed by atoms with van der Waals surface area (Å²) in [4.78, 5) is 4.09. The lowest BCUT2D eigenvalue weighted by atomic mass is 10.1. The Bertz CT molecular complexity index is 290. The van der Waals surface area contributed by atoms with E-state index in [0.717, 1.165) is 5.56 Å². The number of hydrogen-bond donors (Lipinski definition) is 2. The molecule has 0 saturated carbocycles. The van der Waals surface area contributed by atoms with Crippen molar-refractivity contribution < 1.29 is 9.84 Å². The van der Waals surface area contributed by atoms with Crippen LogP contribution in [0.4, 0.5) is 0 Å². The minimum absolute atomic E-state index is 0.555. The van der Waals surface area contributed by atoms with Crippen LogP contribution in [0.3, 0.4) is 0 Å². The van der Waals surface area contributed by atoms with Gasteiger partial charge >= 0.3 is 0 Å². The Morgan fingerprint density at radius 2 is 2.20 bits per heavy atom. The molecule has 0 amide bonds. The van der Waals surface area contributed by atoms with Crippen molar-refractivity contribution in [2.45, 2.75) is 26.0 Å². The lowest BCUT2D eigenvalue weighted by Crippen LogP contribution is -2.34. The van der Waals surface area contributed by atoms with E-state index >= 15 is 0 Å². The fraction of sp³-hybridized carbons (Fsp3) is 0.545. The van der Waals surface area contributed by atoms with Gasteiger partial charge < -0.3 is 15.2 Å². The van der Waals surface area contributed by atoms with E-state index in [-0.39, 0.29) is 0 Å². The number of aromatic nitrogens is 1. The monoisotopic (exact) mass is 210 g/mol. The molecule has 2 N–H and O–H groups in total. The van der Waals surface area contributed by atoms with Crippen LogP contribution in [0.5, 0.6) is 5.88 Å². The van der Waals surface area contributed by atoms with Crippen molar-refractivity contribution >= 4 is 0 Å². The first-order chi connectivity index (χ1) is 7.01. The van der Waals surface area contributed by atoms with Gasteiger partial charge in [0.15, 0.2) is 0 Å². The molecule has 0 aliphatic rings. The number of hydrogen-bond acceptors (Lipinski definition) is 4. The SMILES string of the molecule is COc1ccc(CNCC(C)(C)O)cn1. The summed E-state index contributed by atoms with van der Waals surface area (Å²) in [6.45, 7) is 4.79. The minimum atomic E-state index is -0.681. The molecule has 0 spiro atoms. The normalized spacial score (nSPS) is 11.5. The van der Waals surface area contributed by atoms with E-state index in [9.17, 15) is 5.11 Å². The van der Waals surface area contributed by atoms with Crippen LogP contribution in [0, 0.1) is 0 Å². The highest BCUT2D eigenvalue weighted by Gasteiger charge is 2.10. The number of methoxy groups -OCH3 is 1. The van der Waals surface area contributed by atoms with Crippen molar-refractivity contribution in [1.82, 2.24) is 10.3 Å². The quantitative estimate of drug-likeness (QED) is 0.759. The van der Waals surface area contributed by atoms with Crippen LogP contribution in [0.1, 0.15) is 19.4 Å². The van der Waals surface area contributed by atoms with Crippen LogP contribution in [0.2, 0.25) is 0 Å². The smallest absolute Gasteiger partial charge is 0.212 e. The Labute approximate surface area is 90.3 Å². The van der Waals surface area contributed by atoms with Gasteiger partial charge in [0.25, 0.3) is 0 Å². The van der Waals surface area contributed by atoms with Crippen LogP contribution in [-0.2, 0) is 6.54 Å². The van der Waals surface area contributed by atoms with E-state index in [4.69, 9.17) is 4.74 Å². The number of pyridine rings is 1. The van der Waals surface area contributed by atoms with Gasteiger partial charge in [0.05, 0.1) is 12.7 Å². The lowest BCUT2D eigenvalue weighted by molar-refractivity contribution is 0.0795. The molecule has 0 atom stereocenters. The zero-order valence-electron chi connectivity index (χ0n) is 9.45. The second-order valence-electron chi connectivity index (χ2n) is 4.12. The number of ether oxygens (including phenoxy) is 1. The van der Waals surface area contributed by atoms with Crippen molar-refractivity contribution in [3.8, 4) is 5.88 Å². The van der Waals surface area contributed by atoms with Gasteiger partial charge in [0.1, 0.15) is 0 Å². The molecule has 0 radical (unpaired) electrons. The molecular weight excluding hydrogens is 192 g/mol. The molecule has 1 aromatic heterocycles. The maximum absolute atomic E-state index is 9.48. The van der Waals surface area contributed by atoms with Gasteiger partial charge in [-0.25, -0.2) is 4.98 Å². The van der Waals surface area contributed by atoms with E-state index in [0.29, 0.717) is 19.0 Å². The third-order valence-corrected chi connectivity index (χ3v) is 1.89. The summed E-state index contributed by atoms with van der Waals surface area (Å²) < 4.78 is 4.96. The summed E-state index contributed by atoms with van der Waals surface area (Å²) >= 11 is 0. The molecule has 4 heteroatoms. The predicted octanol–water partition coefficient (Wildman–Crippen LogP) is 0.951. The summed E-state index contributed by atoms with van der Waals surface area (Å²) in [5, 5.41) is 12.6. The highest BCUT2D eigenvalue weighted by Crippen LogP contribution is 2.06. The number of nitrogens with zero attached hydrogens (tertiary/aromatic N) is 1. The van der Waals surface area contributed by atoms with Crippen LogP contribution in [-0.4, -0.2) is 29.3 Å². The number of nitrogens with one attached hydrogen (secondary N) is 1. The van der Waals surface area contributed by atoms with Gasteiger partial charge in [-0.2, -0.15) is 0 Å². The zero-order chi connectivity index (χ0) is 11.3. The fourth-order valence-electron chi connectivity index (χ4n) is 1.15. The molecule has 0 bridgehead atoms. The van der Waals surface area contributed by atoms with Crippen molar-refractivity contribution in [1.29, 1.82) is 0 Å². The minimum Gasteiger partial charge on any atom is -0.481 e. The molecule has 0 aromatic carbocycles. The molecule has 84 valence electrons. The molecule has 0 saturated heterocycles. The first kappa shape index (κ1) is 11.9. The molecule has 1 heterocycles. The summed E-state index contributed by atoms with van der Waals surface area (Å²) in [5.41, 5.74) is 0.389. The lowest BCUT2D eigenvalue weighted by Gasteiger charge is -2.17. The Morgan fingerprint density at radius 3 is 2.67 bits per heavy atom. The van der Waals surface area contributed by atoms with Gasteiger partial charge in [-0.15, -0.1) is 0 Å². The summed E-state index contributed by atoms with van der Waals surface area (Å²) in [6.07, 6.45) is 1.76. The average molecular weight is 210 g/mol. The van der Waals surface area contributed by atoms with Gasteiger partial charge in [-0.3, -0.25) is 0 Å². The molecule has 0 aliphatic heterocycles. The van der Waals surface area contributed by atoms with E-state index < -0.39 is 5.60 Å². The predicted molar refractivity (Wildman–Crippen MR) is 58.8 cm³/mol. The zero-order valence-corrected chi connectivity index (χ0v) is 9.45. The second kappa shape index (κ2) is 5.09. The standard InChI is InChI=1S/C11H18N2O2/c1-11(2,14)8-12-6-9-4-5-10(15-3)13-7-9/h4-5,7,12,14H,6,8H2,1-3H3. The second-order valence-corrected chi connectivity index (χ2v) is 4.12. The molecule has 0 unspecified atom stereocenters. The summed E-state index contributed by atoms with van der Waals surface area (Å²) in [7, 11) is 1.59. The van der Waals surface area contributed by atoms with Crippen molar-refractivity contribution in [2.75, 3.05) is 13.7 Å². The van der Waals surface area contributed by atoms with E-state index in [2.05, 4.69) is 10.3 Å². The van der Waals surface area contributed by atoms with E-state index in [1.54, 1.807) is 27.2 Å². The Hall–Kier alpha value is -1.13. The maximum Gasteiger partial charge on any atom is 0.212 e. The van der Waals surface area contributed by atoms with Gasteiger partial charge in [0, 0.05) is 25.4 Å². The van der Waals surface area contributed by atoms with Gasteiger partial charge in [-0.1, -0.05) is 6.07 Å². The van der Waals surface area contributed by atoms with E-state index in [1.807, 2.05) is 12.1 Å². The van der Waals surface area contributed by atoms with Crippen LogP contribution in [0.25, 0.3) is 0 Å². The number of rotatable bonds is 5. The Balaban J connectivity index is 2.38. The summed E-state index contributed by atoms with van der Waals surface area (Å²) in [6, 6.07) is 3.77. The van der Waals surface area contributed by atoms with Crippen molar-refractivity contribution in [3.05, 3.63) is 23.9 Å². The fourth-order valence-corrected chi connectivity index (χ4v) is 1.15. The van der Waals surface area contributed by atoms with Crippen molar-refractivity contribution in [2.24, 2.45) is 0 Å². The first-order valence-corrected chi connectivity index (χ1v) is 4.93.